The lowest BCUT2D eigenvalue weighted by atomic mass is 10.1. The fourth-order valence-electron chi connectivity index (χ4n) is 2.04. The molecule has 0 bridgehead atoms. The summed E-state index contributed by atoms with van der Waals surface area (Å²) in [5, 5.41) is 14.7. The first-order valence-electron chi connectivity index (χ1n) is 7.37. The van der Waals surface area contributed by atoms with Gasteiger partial charge < -0.3 is 10.1 Å². The predicted octanol–water partition coefficient (Wildman–Crippen LogP) is 1.50. The summed E-state index contributed by atoms with van der Waals surface area (Å²) in [7, 11) is 1.77. The Morgan fingerprint density at radius 3 is 2.70 bits per heavy atom. The Kier molecular flexibility index (Phi) is 6.40. The van der Waals surface area contributed by atoms with Crippen molar-refractivity contribution in [1.82, 2.24) is 25.5 Å². The van der Waals surface area contributed by atoms with E-state index in [2.05, 4.69) is 26.9 Å². The van der Waals surface area contributed by atoms with E-state index >= 15 is 0 Å². The smallest absolute Gasteiger partial charge is 0.220 e. The van der Waals surface area contributed by atoms with E-state index in [1.165, 1.54) is 22.9 Å². The molecule has 7 nitrogen and oxygen atoms in total. The summed E-state index contributed by atoms with van der Waals surface area (Å²) >= 11 is 1.46. The zero-order chi connectivity index (χ0) is 16.7. The van der Waals surface area contributed by atoms with Crippen LogP contribution >= 0.6 is 11.8 Å². The number of aryl methyl sites for hydroxylation is 3. The molecule has 2 rings (SSSR count). The van der Waals surface area contributed by atoms with Crippen molar-refractivity contribution in [3.8, 4) is 5.75 Å². The molecule has 1 aromatic heterocycles. The maximum atomic E-state index is 11.7. The molecule has 0 spiro atoms. The van der Waals surface area contributed by atoms with Gasteiger partial charge in [0, 0.05) is 19.2 Å². The van der Waals surface area contributed by atoms with Crippen LogP contribution in [-0.4, -0.2) is 45.0 Å². The number of amides is 1. The van der Waals surface area contributed by atoms with Crippen LogP contribution in [0.2, 0.25) is 0 Å². The number of ether oxygens (including phenoxy) is 1. The second kappa shape index (κ2) is 8.52. The van der Waals surface area contributed by atoms with Crippen molar-refractivity contribution in [1.29, 1.82) is 0 Å². The lowest BCUT2D eigenvalue weighted by Gasteiger charge is -2.09. The molecule has 0 saturated carbocycles. The quantitative estimate of drug-likeness (QED) is 0.582. The number of carbonyl (C=O) groups excluding carboxylic acids is 1. The standard InChI is InChI=1S/C15H21N5O2S/c1-11-8-12(2)10-13(9-11)22-6-5-16-14(21)4-7-23-15-17-18-19-20(15)3/h8-10H,4-7H2,1-3H3,(H,16,21). The molecular formula is C15H21N5O2S. The summed E-state index contributed by atoms with van der Waals surface area (Å²) in [6.07, 6.45) is 0.418. The third kappa shape index (κ3) is 5.90. The number of benzene rings is 1. The third-order valence-electron chi connectivity index (χ3n) is 3.03. The molecule has 0 aliphatic carbocycles. The highest BCUT2D eigenvalue weighted by atomic mass is 32.2. The summed E-state index contributed by atoms with van der Waals surface area (Å²) in [4.78, 5) is 11.7. The average Bonchev–Trinajstić information content (AvgIpc) is 2.88. The Balaban J connectivity index is 1.60. The van der Waals surface area contributed by atoms with Crippen molar-refractivity contribution in [2.45, 2.75) is 25.4 Å². The van der Waals surface area contributed by atoms with Crippen LogP contribution in [0.15, 0.2) is 23.4 Å². The molecule has 0 unspecified atom stereocenters. The number of tetrazole rings is 1. The fourth-order valence-corrected chi connectivity index (χ4v) is 2.83. The third-order valence-corrected chi connectivity index (χ3v) is 4.04. The number of hydrogen-bond acceptors (Lipinski definition) is 6. The van der Waals surface area contributed by atoms with E-state index in [-0.39, 0.29) is 5.91 Å². The molecule has 1 N–H and O–H groups in total. The largest absolute Gasteiger partial charge is 0.492 e. The molecule has 0 atom stereocenters. The van der Waals surface area contributed by atoms with Crippen LogP contribution in [0.5, 0.6) is 5.75 Å². The molecule has 0 aliphatic heterocycles. The number of hydrogen-bond donors (Lipinski definition) is 1. The van der Waals surface area contributed by atoms with Crippen LogP contribution in [0.25, 0.3) is 0 Å². The van der Waals surface area contributed by atoms with E-state index in [9.17, 15) is 4.79 Å². The Bertz CT molecular complexity index is 639. The van der Waals surface area contributed by atoms with Gasteiger partial charge in [0.15, 0.2) is 0 Å². The van der Waals surface area contributed by atoms with Gasteiger partial charge in [0.1, 0.15) is 12.4 Å². The second-order valence-electron chi connectivity index (χ2n) is 5.21. The molecule has 0 radical (unpaired) electrons. The van der Waals surface area contributed by atoms with Gasteiger partial charge in [0.05, 0.1) is 6.54 Å². The zero-order valence-electron chi connectivity index (χ0n) is 13.6. The van der Waals surface area contributed by atoms with Crippen LogP contribution in [0.1, 0.15) is 17.5 Å². The van der Waals surface area contributed by atoms with Gasteiger partial charge in [-0.1, -0.05) is 17.8 Å². The predicted molar refractivity (Wildman–Crippen MR) is 88.6 cm³/mol. The maximum absolute atomic E-state index is 11.7. The Morgan fingerprint density at radius 1 is 1.30 bits per heavy atom. The van der Waals surface area contributed by atoms with Crippen LogP contribution in [0.4, 0.5) is 0 Å². The molecule has 1 heterocycles. The Hall–Kier alpha value is -2.09. The Morgan fingerprint density at radius 2 is 2.04 bits per heavy atom. The monoisotopic (exact) mass is 335 g/mol. The minimum Gasteiger partial charge on any atom is -0.492 e. The van der Waals surface area contributed by atoms with Crippen molar-refractivity contribution >= 4 is 17.7 Å². The summed E-state index contributed by atoms with van der Waals surface area (Å²) in [5.74, 6) is 1.47. The number of aromatic nitrogens is 4. The minimum absolute atomic E-state index is 0.00310. The zero-order valence-corrected chi connectivity index (χ0v) is 14.4. The topological polar surface area (TPSA) is 81.9 Å². The van der Waals surface area contributed by atoms with Crippen molar-refractivity contribution in [3.63, 3.8) is 0 Å². The van der Waals surface area contributed by atoms with Crippen molar-refractivity contribution in [2.24, 2.45) is 7.05 Å². The van der Waals surface area contributed by atoms with Gasteiger partial charge in [-0.15, -0.1) is 5.10 Å². The summed E-state index contributed by atoms with van der Waals surface area (Å²) in [6.45, 7) is 5.01. The number of nitrogens with one attached hydrogen (secondary N) is 1. The van der Waals surface area contributed by atoms with Gasteiger partial charge in [-0.2, -0.15) is 0 Å². The van der Waals surface area contributed by atoms with Crippen molar-refractivity contribution in [3.05, 3.63) is 29.3 Å². The van der Waals surface area contributed by atoms with Gasteiger partial charge in [-0.3, -0.25) is 4.79 Å². The molecular weight excluding hydrogens is 314 g/mol. The van der Waals surface area contributed by atoms with Gasteiger partial charge in [0.25, 0.3) is 0 Å². The van der Waals surface area contributed by atoms with E-state index in [1.807, 2.05) is 26.0 Å². The number of nitrogens with zero attached hydrogens (tertiary/aromatic N) is 4. The number of thioether (sulfide) groups is 1. The first-order chi connectivity index (χ1) is 11.0. The molecule has 0 aliphatic rings. The van der Waals surface area contributed by atoms with E-state index in [0.717, 1.165) is 5.75 Å². The van der Waals surface area contributed by atoms with Gasteiger partial charge in [-0.25, -0.2) is 4.68 Å². The molecule has 8 heteroatoms. The average molecular weight is 335 g/mol. The van der Waals surface area contributed by atoms with E-state index in [0.29, 0.717) is 30.5 Å². The fraction of sp³-hybridized carbons (Fsp3) is 0.467. The highest BCUT2D eigenvalue weighted by molar-refractivity contribution is 7.99. The molecule has 1 amide bonds. The number of carbonyl (C=O) groups is 1. The highest BCUT2D eigenvalue weighted by Gasteiger charge is 2.06. The summed E-state index contributed by atoms with van der Waals surface area (Å²) < 4.78 is 7.23. The summed E-state index contributed by atoms with van der Waals surface area (Å²) in [5.41, 5.74) is 2.33. The van der Waals surface area contributed by atoms with Gasteiger partial charge >= 0.3 is 0 Å². The van der Waals surface area contributed by atoms with E-state index in [4.69, 9.17) is 4.74 Å². The number of rotatable bonds is 8. The lowest BCUT2D eigenvalue weighted by molar-refractivity contribution is -0.120. The second-order valence-corrected chi connectivity index (χ2v) is 6.27. The summed E-state index contributed by atoms with van der Waals surface area (Å²) in [6, 6.07) is 6.07. The first kappa shape index (κ1) is 17.3. The minimum atomic E-state index is -0.00310. The van der Waals surface area contributed by atoms with Crippen LogP contribution < -0.4 is 10.1 Å². The molecule has 2 aromatic rings. The Labute approximate surface area is 139 Å². The van der Waals surface area contributed by atoms with Crippen molar-refractivity contribution < 1.29 is 9.53 Å². The van der Waals surface area contributed by atoms with Crippen LogP contribution in [0.3, 0.4) is 0 Å². The molecule has 23 heavy (non-hydrogen) atoms. The molecule has 124 valence electrons. The molecule has 1 aromatic carbocycles. The molecule has 0 saturated heterocycles. The maximum Gasteiger partial charge on any atom is 0.220 e. The van der Waals surface area contributed by atoms with Crippen molar-refractivity contribution in [2.75, 3.05) is 18.9 Å². The normalized spacial score (nSPS) is 10.6. The highest BCUT2D eigenvalue weighted by Crippen LogP contribution is 2.16. The van der Waals surface area contributed by atoms with Crippen LogP contribution in [0, 0.1) is 13.8 Å². The SMILES string of the molecule is Cc1cc(C)cc(OCCNC(=O)CCSc2nnnn2C)c1. The van der Waals surface area contributed by atoms with Gasteiger partial charge in [-0.05, 0) is 47.5 Å². The van der Waals surface area contributed by atoms with E-state index < -0.39 is 0 Å². The lowest BCUT2D eigenvalue weighted by Crippen LogP contribution is -2.28. The first-order valence-corrected chi connectivity index (χ1v) is 8.36. The van der Waals surface area contributed by atoms with E-state index in [1.54, 1.807) is 11.7 Å². The van der Waals surface area contributed by atoms with Crippen LogP contribution in [-0.2, 0) is 11.8 Å². The van der Waals surface area contributed by atoms with Gasteiger partial charge in [0.2, 0.25) is 11.1 Å². The molecule has 0 fully saturated rings.